The van der Waals surface area contributed by atoms with Gasteiger partial charge in [-0.15, -0.1) is 0 Å². The molecule has 1 saturated heterocycles. The summed E-state index contributed by atoms with van der Waals surface area (Å²) in [7, 11) is -0.893. The Labute approximate surface area is 115 Å². The average Bonchev–Trinajstić information content (AvgIpc) is 2.05. The summed E-state index contributed by atoms with van der Waals surface area (Å²) in [5.41, 5.74) is 0.399. The zero-order valence-electron chi connectivity index (χ0n) is 13.5. The number of ether oxygens (including phenoxy) is 1. The lowest BCUT2D eigenvalue weighted by Gasteiger charge is -2.46. The molecule has 1 rings (SSSR count). The predicted molar refractivity (Wildman–Crippen MR) is 83.0 cm³/mol. The van der Waals surface area contributed by atoms with Gasteiger partial charge in [0.25, 0.3) is 0 Å². The SMILES string of the molecule is CC1(C)CC(OCCC[Si](C)(C)C)CC(C)(C)N1. The van der Waals surface area contributed by atoms with Crippen LogP contribution >= 0.6 is 0 Å². The van der Waals surface area contributed by atoms with Crippen LogP contribution in [0.1, 0.15) is 47.0 Å². The van der Waals surface area contributed by atoms with Crippen molar-refractivity contribution in [1.29, 1.82) is 0 Å². The Bertz CT molecular complexity index is 252. The predicted octanol–water partition coefficient (Wildman–Crippen LogP) is 4.04. The summed E-state index contributed by atoms with van der Waals surface area (Å²) < 4.78 is 6.13. The van der Waals surface area contributed by atoms with Crippen molar-refractivity contribution in [2.24, 2.45) is 0 Å². The van der Waals surface area contributed by atoms with Crippen LogP contribution in [-0.4, -0.2) is 31.9 Å². The van der Waals surface area contributed by atoms with E-state index in [0.29, 0.717) is 6.10 Å². The highest BCUT2D eigenvalue weighted by atomic mass is 28.3. The number of rotatable bonds is 5. The third-order valence-electron chi connectivity index (χ3n) is 3.58. The van der Waals surface area contributed by atoms with E-state index >= 15 is 0 Å². The van der Waals surface area contributed by atoms with E-state index in [9.17, 15) is 0 Å². The second-order valence-corrected chi connectivity index (χ2v) is 14.1. The smallest absolute Gasteiger partial charge is 0.0609 e. The highest BCUT2D eigenvalue weighted by molar-refractivity contribution is 6.76. The molecular weight excluding hydrogens is 238 g/mol. The van der Waals surface area contributed by atoms with Crippen molar-refractivity contribution in [3.05, 3.63) is 0 Å². The normalized spacial score (nSPS) is 24.2. The molecule has 1 aliphatic rings. The van der Waals surface area contributed by atoms with Gasteiger partial charge in [-0.2, -0.15) is 0 Å². The fraction of sp³-hybridized carbons (Fsp3) is 1.00. The molecule has 0 bridgehead atoms. The van der Waals surface area contributed by atoms with E-state index in [1.165, 1.54) is 12.5 Å². The molecule has 1 fully saturated rings. The van der Waals surface area contributed by atoms with Crippen LogP contribution < -0.4 is 5.32 Å². The molecule has 0 amide bonds. The van der Waals surface area contributed by atoms with Crippen LogP contribution in [-0.2, 0) is 4.74 Å². The largest absolute Gasteiger partial charge is 0.378 e. The zero-order valence-corrected chi connectivity index (χ0v) is 14.5. The summed E-state index contributed by atoms with van der Waals surface area (Å²) in [6, 6.07) is 1.38. The van der Waals surface area contributed by atoms with Gasteiger partial charge in [0.05, 0.1) is 6.10 Å². The summed E-state index contributed by atoms with van der Waals surface area (Å²) in [4.78, 5) is 0. The molecule has 1 heterocycles. The first-order valence-corrected chi connectivity index (χ1v) is 11.1. The first-order chi connectivity index (χ1) is 7.99. The lowest BCUT2D eigenvalue weighted by molar-refractivity contribution is -0.0213. The fourth-order valence-electron chi connectivity index (χ4n) is 3.20. The summed E-state index contributed by atoms with van der Waals surface area (Å²) in [5.74, 6) is 0. The maximum absolute atomic E-state index is 6.13. The fourth-order valence-corrected chi connectivity index (χ4v) is 4.40. The standard InChI is InChI=1S/C15H33NOSi/c1-14(2)11-13(12-15(3,4)16-14)17-9-8-10-18(5,6)7/h13,16H,8-12H2,1-7H3. The molecular formula is C15H33NOSi. The molecule has 1 aliphatic heterocycles. The van der Waals surface area contributed by atoms with Crippen LogP contribution in [0.2, 0.25) is 25.7 Å². The molecule has 108 valence electrons. The van der Waals surface area contributed by atoms with Crippen molar-refractivity contribution in [3.8, 4) is 0 Å². The topological polar surface area (TPSA) is 21.3 Å². The Balaban J connectivity index is 2.34. The second kappa shape index (κ2) is 5.64. The van der Waals surface area contributed by atoms with Crippen LogP contribution in [0.5, 0.6) is 0 Å². The van der Waals surface area contributed by atoms with E-state index in [-0.39, 0.29) is 11.1 Å². The third kappa shape index (κ3) is 6.35. The van der Waals surface area contributed by atoms with Gasteiger partial charge in [0.1, 0.15) is 0 Å². The van der Waals surface area contributed by atoms with Gasteiger partial charge in [0.2, 0.25) is 0 Å². The molecule has 2 nitrogen and oxygen atoms in total. The number of piperidine rings is 1. The minimum absolute atomic E-state index is 0.200. The van der Waals surface area contributed by atoms with E-state index in [0.717, 1.165) is 19.4 Å². The minimum atomic E-state index is -0.893. The summed E-state index contributed by atoms with van der Waals surface area (Å²) in [5, 5.41) is 3.70. The van der Waals surface area contributed by atoms with Crippen LogP contribution in [0, 0.1) is 0 Å². The summed E-state index contributed by atoms with van der Waals surface area (Å²) in [6.45, 7) is 17.4. The Morgan fingerprint density at radius 1 is 1.06 bits per heavy atom. The Hall–Kier alpha value is 0.137. The van der Waals surface area contributed by atoms with Crippen molar-refractivity contribution in [2.45, 2.75) is 89.8 Å². The average molecular weight is 272 g/mol. The number of hydrogen-bond donors (Lipinski definition) is 1. The van der Waals surface area contributed by atoms with Gasteiger partial charge in [0.15, 0.2) is 0 Å². The Kier molecular flexibility index (Phi) is 5.07. The molecule has 1 N–H and O–H groups in total. The van der Waals surface area contributed by atoms with E-state index in [1.807, 2.05) is 0 Å². The summed E-state index contributed by atoms with van der Waals surface area (Å²) >= 11 is 0. The maximum atomic E-state index is 6.13. The molecule has 0 radical (unpaired) electrons. The van der Waals surface area contributed by atoms with Crippen LogP contribution in [0.25, 0.3) is 0 Å². The van der Waals surface area contributed by atoms with Gasteiger partial charge < -0.3 is 10.1 Å². The number of nitrogens with one attached hydrogen (secondary N) is 1. The zero-order chi connectivity index (χ0) is 14.0. The van der Waals surface area contributed by atoms with E-state index < -0.39 is 8.07 Å². The van der Waals surface area contributed by atoms with Crippen molar-refractivity contribution in [3.63, 3.8) is 0 Å². The van der Waals surface area contributed by atoms with Crippen LogP contribution in [0.4, 0.5) is 0 Å². The van der Waals surface area contributed by atoms with Crippen molar-refractivity contribution in [2.75, 3.05) is 6.61 Å². The maximum Gasteiger partial charge on any atom is 0.0609 e. The molecule has 0 aromatic heterocycles. The van der Waals surface area contributed by atoms with Gasteiger partial charge in [-0.05, 0) is 47.0 Å². The highest BCUT2D eigenvalue weighted by Gasteiger charge is 2.37. The van der Waals surface area contributed by atoms with Crippen molar-refractivity contribution < 1.29 is 4.74 Å². The van der Waals surface area contributed by atoms with E-state index in [4.69, 9.17) is 4.74 Å². The molecule has 0 aromatic carbocycles. The van der Waals surface area contributed by atoms with Gasteiger partial charge in [-0.1, -0.05) is 25.7 Å². The molecule has 3 heteroatoms. The number of hydrogen-bond acceptors (Lipinski definition) is 2. The molecule has 0 saturated carbocycles. The summed E-state index contributed by atoms with van der Waals surface area (Å²) in [6.07, 6.45) is 3.92. The second-order valence-electron chi connectivity index (χ2n) is 8.46. The lowest BCUT2D eigenvalue weighted by atomic mass is 9.81. The first-order valence-electron chi connectivity index (χ1n) is 7.40. The van der Waals surface area contributed by atoms with Gasteiger partial charge in [0, 0.05) is 25.8 Å². The van der Waals surface area contributed by atoms with E-state index in [1.54, 1.807) is 0 Å². The van der Waals surface area contributed by atoms with E-state index in [2.05, 4.69) is 52.7 Å². The molecule has 0 aromatic rings. The monoisotopic (exact) mass is 271 g/mol. The lowest BCUT2D eigenvalue weighted by Crippen LogP contribution is -2.59. The van der Waals surface area contributed by atoms with Crippen molar-refractivity contribution in [1.82, 2.24) is 5.32 Å². The van der Waals surface area contributed by atoms with Crippen molar-refractivity contribution >= 4 is 8.07 Å². The quantitative estimate of drug-likeness (QED) is 0.602. The van der Waals surface area contributed by atoms with Gasteiger partial charge in [-0.3, -0.25) is 0 Å². The Morgan fingerprint density at radius 2 is 1.56 bits per heavy atom. The minimum Gasteiger partial charge on any atom is -0.378 e. The molecule has 0 spiro atoms. The first kappa shape index (κ1) is 16.2. The van der Waals surface area contributed by atoms with Gasteiger partial charge in [-0.25, -0.2) is 0 Å². The Morgan fingerprint density at radius 3 is 2.00 bits per heavy atom. The van der Waals surface area contributed by atoms with Crippen LogP contribution in [0.3, 0.4) is 0 Å². The molecule has 0 unspecified atom stereocenters. The molecule has 0 aliphatic carbocycles. The molecule has 0 atom stereocenters. The highest BCUT2D eigenvalue weighted by Crippen LogP contribution is 2.30. The van der Waals surface area contributed by atoms with Gasteiger partial charge >= 0.3 is 0 Å². The molecule has 18 heavy (non-hydrogen) atoms. The van der Waals surface area contributed by atoms with Crippen LogP contribution in [0.15, 0.2) is 0 Å². The third-order valence-corrected chi connectivity index (χ3v) is 5.43.